The summed E-state index contributed by atoms with van der Waals surface area (Å²) in [5, 5.41) is 5.67. The van der Waals surface area contributed by atoms with E-state index in [0.717, 1.165) is 31.5 Å². The second-order valence-electron chi connectivity index (χ2n) is 8.20. The second-order valence-corrected chi connectivity index (χ2v) is 8.20. The molecule has 1 saturated carbocycles. The highest BCUT2D eigenvalue weighted by Crippen LogP contribution is 2.35. The zero-order valence-corrected chi connectivity index (χ0v) is 18.0. The molecule has 2 aliphatic rings. The molecular weight excluding hydrogens is 439 g/mol. The number of halogens is 3. The predicted molar refractivity (Wildman–Crippen MR) is 114 cm³/mol. The van der Waals surface area contributed by atoms with Gasteiger partial charge in [0.25, 0.3) is 5.91 Å². The molecule has 0 radical (unpaired) electrons. The third kappa shape index (κ3) is 5.52. The van der Waals surface area contributed by atoms with Crippen LogP contribution in [0.4, 0.5) is 24.8 Å². The summed E-state index contributed by atoms with van der Waals surface area (Å²) in [6, 6.07) is 3.77. The smallest absolute Gasteiger partial charge is 0.418 e. The number of ether oxygens (including phenoxy) is 1. The zero-order chi connectivity index (χ0) is 23.6. The Kier molecular flexibility index (Phi) is 6.39. The van der Waals surface area contributed by atoms with Crippen molar-refractivity contribution in [3.8, 4) is 5.75 Å². The number of aromatic nitrogens is 2. The van der Waals surface area contributed by atoms with Crippen molar-refractivity contribution in [1.29, 1.82) is 0 Å². The summed E-state index contributed by atoms with van der Waals surface area (Å²) in [7, 11) is 1.30. The molecule has 1 unspecified atom stereocenters. The third-order valence-corrected chi connectivity index (χ3v) is 5.66. The summed E-state index contributed by atoms with van der Waals surface area (Å²) >= 11 is 0. The number of hydrogen-bond donors (Lipinski definition) is 2. The van der Waals surface area contributed by atoms with Crippen molar-refractivity contribution in [2.75, 3.05) is 30.4 Å². The first-order valence-corrected chi connectivity index (χ1v) is 10.7. The average Bonchev–Trinajstić information content (AvgIpc) is 3.64. The van der Waals surface area contributed by atoms with Gasteiger partial charge in [0.05, 0.1) is 12.7 Å². The molecule has 4 rings (SSSR count). The maximum Gasteiger partial charge on any atom is 0.418 e. The highest BCUT2D eigenvalue weighted by Gasteiger charge is 2.33. The Morgan fingerprint density at radius 1 is 1.18 bits per heavy atom. The number of pyridine rings is 2. The molecule has 3 heterocycles. The van der Waals surface area contributed by atoms with E-state index in [0.29, 0.717) is 36.7 Å². The van der Waals surface area contributed by atoms with E-state index in [9.17, 15) is 22.8 Å². The summed E-state index contributed by atoms with van der Waals surface area (Å²) in [4.78, 5) is 34.6. The van der Waals surface area contributed by atoms with Gasteiger partial charge in [-0.1, -0.05) is 0 Å². The van der Waals surface area contributed by atoms with E-state index < -0.39 is 11.7 Å². The van der Waals surface area contributed by atoms with Crippen molar-refractivity contribution in [3.05, 3.63) is 41.7 Å². The second kappa shape index (κ2) is 9.24. The van der Waals surface area contributed by atoms with Crippen LogP contribution in [0.25, 0.3) is 0 Å². The van der Waals surface area contributed by atoms with Crippen LogP contribution < -0.4 is 20.3 Å². The molecule has 2 fully saturated rings. The van der Waals surface area contributed by atoms with Gasteiger partial charge in [0.2, 0.25) is 5.91 Å². The summed E-state index contributed by atoms with van der Waals surface area (Å²) in [5.41, 5.74) is -0.523. The number of carbonyl (C=O) groups excluding carboxylic acids is 2. The van der Waals surface area contributed by atoms with E-state index >= 15 is 0 Å². The molecule has 1 atom stereocenters. The van der Waals surface area contributed by atoms with Crippen LogP contribution in [0.3, 0.4) is 0 Å². The van der Waals surface area contributed by atoms with Crippen molar-refractivity contribution in [3.63, 3.8) is 0 Å². The largest absolute Gasteiger partial charge is 0.493 e. The Bertz CT molecular complexity index is 1040. The molecule has 2 aromatic rings. The quantitative estimate of drug-likeness (QED) is 0.683. The summed E-state index contributed by atoms with van der Waals surface area (Å²) in [6.07, 6.45) is 0.887. The Labute approximate surface area is 188 Å². The van der Waals surface area contributed by atoms with Gasteiger partial charge in [0.1, 0.15) is 5.82 Å². The molecule has 11 heteroatoms. The van der Waals surface area contributed by atoms with Gasteiger partial charge in [-0.05, 0) is 43.9 Å². The molecule has 2 N–H and O–H groups in total. The number of amides is 2. The van der Waals surface area contributed by atoms with Crippen molar-refractivity contribution >= 4 is 23.5 Å². The minimum atomic E-state index is -4.52. The van der Waals surface area contributed by atoms with Crippen LogP contribution in [0, 0.1) is 5.92 Å². The lowest BCUT2D eigenvalue weighted by atomic mass is 10.0. The first kappa shape index (κ1) is 22.8. The maximum atomic E-state index is 13.0. The Morgan fingerprint density at radius 2 is 1.97 bits per heavy atom. The summed E-state index contributed by atoms with van der Waals surface area (Å²) < 4.78 is 44.2. The van der Waals surface area contributed by atoms with E-state index in [4.69, 9.17) is 4.74 Å². The number of alkyl halides is 3. The van der Waals surface area contributed by atoms with E-state index in [-0.39, 0.29) is 29.5 Å². The van der Waals surface area contributed by atoms with Crippen molar-refractivity contribution in [2.45, 2.75) is 37.9 Å². The average molecular weight is 463 g/mol. The maximum absolute atomic E-state index is 13.0. The number of carbonyl (C=O) groups is 2. The van der Waals surface area contributed by atoms with Crippen molar-refractivity contribution in [1.82, 2.24) is 15.3 Å². The molecular formula is C22H24F3N5O3. The lowest BCUT2D eigenvalue weighted by molar-refractivity contribution is -0.137. The molecule has 1 aliphatic heterocycles. The van der Waals surface area contributed by atoms with Crippen molar-refractivity contribution < 1.29 is 27.5 Å². The standard InChI is InChI=1S/C22H24F3N5O3/c1-33-17-10-15(22(23,24)25)11-27-19(17)30-8-2-3-16(12-30)28-21(32)14-6-7-26-18(9-14)29-20(31)13-4-5-13/h6-7,9-11,13,16H,2-5,8,12H2,1H3,(H,28,32)(H,26,29,31). The van der Waals surface area contributed by atoms with E-state index in [1.807, 2.05) is 0 Å². The van der Waals surface area contributed by atoms with Crippen molar-refractivity contribution in [2.24, 2.45) is 5.92 Å². The SMILES string of the molecule is COc1cc(C(F)(F)F)cnc1N1CCCC(NC(=O)c2ccnc(NC(=O)C3CC3)c2)C1. The molecule has 33 heavy (non-hydrogen) atoms. The highest BCUT2D eigenvalue weighted by atomic mass is 19.4. The monoisotopic (exact) mass is 463 g/mol. The van der Waals surface area contributed by atoms with Crippen LogP contribution in [-0.4, -0.2) is 48.0 Å². The Balaban J connectivity index is 1.42. The van der Waals surface area contributed by atoms with Crippen LogP contribution in [0.1, 0.15) is 41.6 Å². The Hall–Kier alpha value is -3.37. The van der Waals surface area contributed by atoms with E-state index in [2.05, 4.69) is 20.6 Å². The van der Waals surface area contributed by atoms with Crippen LogP contribution in [-0.2, 0) is 11.0 Å². The molecule has 1 saturated heterocycles. The van der Waals surface area contributed by atoms with Crippen LogP contribution >= 0.6 is 0 Å². The van der Waals surface area contributed by atoms with Crippen LogP contribution in [0.5, 0.6) is 5.75 Å². The number of nitrogens with one attached hydrogen (secondary N) is 2. The molecule has 8 nitrogen and oxygen atoms in total. The number of methoxy groups -OCH3 is 1. The lowest BCUT2D eigenvalue weighted by Crippen LogP contribution is -2.48. The summed E-state index contributed by atoms with van der Waals surface area (Å²) in [5.74, 6) is 0.261. The topological polar surface area (TPSA) is 96.4 Å². The number of anilines is 2. The van der Waals surface area contributed by atoms with E-state index in [1.54, 1.807) is 11.0 Å². The fraction of sp³-hybridized carbons (Fsp3) is 0.455. The molecule has 0 bridgehead atoms. The van der Waals surface area contributed by atoms with Crippen LogP contribution in [0.2, 0.25) is 0 Å². The predicted octanol–water partition coefficient (Wildman–Crippen LogP) is 3.25. The first-order chi connectivity index (χ1) is 15.7. The first-order valence-electron chi connectivity index (χ1n) is 10.7. The number of hydrogen-bond acceptors (Lipinski definition) is 6. The third-order valence-electron chi connectivity index (χ3n) is 5.66. The molecule has 2 amide bonds. The fourth-order valence-corrected chi connectivity index (χ4v) is 3.75. The molecule has 1 aliphatic carbocycles. The van der Waals surface area contributed by atoms with Gasteiger partial charge >= 0.3 is 6.18 Å². The molecule has 2 aromatic heterocycles. The van der Waals surface area contributed by atoms with Gasteiger partial charge in [-0.25, -0.2) is 9.97 Å². The molecule has 0 spiro atoms. The Morgan fingerprint density at radius 3 is 2.67 bits per heavy atom. The number of piperidine rings is 1. The fourth-order valence-electron chi connectivity index (χ4n) is 3.75. The molecule has 0 aromatic carbocycles. The number of nitrogens with zero attached hydrogens (tertiary/aromatic N) is 3. The minimum absolute atomic E-state index is 0.0216. The normalized spacial score (nSPS) is 18.5. The zero-order valence-electron chi connectivity index (χ0n) is 18.0. The van der Waals surface area contributed by atoms with Gasteiger partial charge in [0.15, 0.2) is 11.6 Å². The van der Waals surface area contributed by atoms with Gasteiger partial charge in [-0.15, -0.1) is 0 Å². The van der Waals surface area contributed by atoms with Gasteiger partial charge in [-0.3, -0.25) is 9.59 Å². The molecule has 176 valence electrons. The van der Waals surface area contributed by atoms with Gasteiger partial charge in [-0.2, -0.15) is 13.2 Å². The van der Waals surface area contributed by atoms with Crippen LogP contribution in [0.15, 0.2) is 30.6 Å². The lowest BCUT2D eigenvalue weighted by Gasteiger charge is -2.34. The summed E-state index contributed by atoms with van der Waals surface area (Å²) in [6.45, 7) is 0.949. The highest BCUT2D eigenvalue weighted by molar-refractivity contribution is 5.97. The van der Waals surface area contributed by atoms with Gasteiger partial charge < -0.3 is 20.3 Å². The minimum Gasteiger partial charge on any atom is -0.493 e. The van der Waals surface area contributed by atoms with Gasteiger partial charge in [0, 0.05) is 43.0 Å². The number of rotatable bonds is 6. The van der Waals surface area contributed by atoms with E-state index in [1.165, 1.54) is 19.4 Å².